The average molecular weight is 481 g/mol. The monoisotopic (exact) mass is 480 g/mol. The summed E-state index contributed by atoms with van der Waals surface area (Å²) in [6.45, 7) is 3.94. The molecule has 32 heavy (non-hydrogen) atoms. The largest absolute Gasteiger partial charge is 0.352 e. The van der Waals surface area contributed by atoms with Gasteiger partial charge < -0.3 is 9.88 Å². The number of non-ortho nitro benzene ring substituents is 1. The highest BCUT2D eigenvalue weighted by molar-refractivity contribution is 7.92. The summed E-state index contributed by atoms with van der Waals surface area (Å²) in [4.78, 5) is 39.1. The lowest BCUT2D eigenvalue weighted by Crippen LogP contribution is -2.40. The first-order valence-corrected chi connectivity index (χ1v) is 12.8. The second kappa shape index (κ2) is 10.2. The Labute approximate surface area is 188 Å². The number of fused-ring (bicyclic) bond motifs is 1. The summed E-state index contributed by atoms with van der Waals surface area (Å²) in [6.07, 6.45) is 6.33. The van der Waals surface area contributed by atoms with Crippen LogP contribution in [0.5, 0.6) is 0 Å². The van der Waals surface area contributed by atoms with Crippen LogP contribution in [0.25, 0.3) is 10.2 Å². The maximum Gasteiger partial charge on any atom is 0.270 e. The van der Waals surface area contributed by atoms with E-state index in [4.69, 9.17) is 0 Å². The van der Waals surface area contributed by atoms with Crippen molar-refractivity contribution in [2.75, 3.05) is 11.5 Å². The molecule has 1 fully saturated rings. The van der Waals surface area contributed by atoms with E-state index in [1.807, 2.05) is 0 Å². The predicted octanol–water partition coefficient (Wildman–Crippen LogP) is 2.09. The molecule has 1 aromatic heterocycles. The van der Waals surface area contributed by atoms with Crippen LogP contribution in [0.3, 0.4) is 0 Å². The zero-order valence-electron chi connectivity index (χ0n) is 17.4. The van der Waals surface area contributed by atoms with Crippen molar-refractivity contribution < 1.29 is 22.9 Å². The SMILES string of the molecule is C=CCn1c(=NC(=O)CS(=O)(=O)CC(=O)NC2CCCCC2)sc2cc([N+](=O)[O-])ccc21. The highest BCUT2D eigenvalue weighted by atomic mass is 32.2. The Kier molecular flexibility index (Phi) is 7.56. The Morgan fingerprint density at radius 1 is 1.28 bits per heavy atom. The van der Waals surface area contributed by atoms with Crippen LogP contribution in [0, 0.1) is 10.1 Å². The Morgan fingerprint density at radius 3 is 2.66 bits per heavy atom. The maximum absolute atomic E-state index is 12.4. The van der Waals surface area contributed by atoms with Gasteiger partial charge in [-0.25, -0.2) is 8.42 Å². The molecule has 1 heterocycles. The molecule has 3 rings (SSSR count). The second-order valence-electron chi connectivity index (χ2n) is 7.63. The highest BCUT2D eigenvalue weighted by Crippen LogP contribution is 2.23. The smallest absolute Gasteiger partial charge is 0.270 e. The summed E-state index contributed by atoms with van der Waals surface area (Å²) in [6, 6.07) is 4.24. The first kappa shape index (κ1) is 23.8. The van der Waals surface area contributed by atoms with E-state index >= 15 is 0 Å². The number of thiazole rings is 1. The van der Waals surface area contributed by atoms with E-state index in [0.29, 0.717) is 10.2 Å². The van der Waals surface area contributed by atoms with Crippen molar-refractivity contribution >= 4 is 48.9 Å². The van der Waals surface area contributed by atoms with Gasteiger partial charge in [-0.1, -0.05) is 36.7 Å². The fourth-order valence-corrected chi connectivity index (χ4v) is 5.78. The lowest BCUT2D eigenvalue weighted by atomic mass is 9.95. The number of allylic oxidation sites excluding steroid dienone is 1. The van der Waals surface area contributed by atoms with E-state index in [2.05, 4.69) is 16.9 Å². The number of aromatic nitrogens is 1. The molecule has 1 aliphatic carbocycles. The number of carbonyl (C=O) groups is 2. The third kappa shape index (κ3) is 6.10. The van der Waals surface area contributed by atoms with Crippen LogP contribution in [0.4, 0.5) is 5.69 Å². The third-order valence-electron chi connectivity index (χ3n) is 5.07. The molecule has 2 amide bonds. The van der Waals surface area contributed by atoms with Crippen molar-refractivity contribution in [1.29, 1.82) is 0 Å². The number of benzene rings is 1. The maximum atomic E-state index is 12.4. The highest BCUT2D eigenvalue weighted by Gasteiger charge is 2.23. The second-order valence-corrected chi connectivity index (χ2v) is 10.7. The molecule has 0 radical (unpaired) electrons. The van der Waals surface area contributed by atoms with E-state index in [-0.39, 0.29) is 23.1 Å². The van der Waals surface area contributed by atoms with Crippen molar-refractivity contribution in [2.24, 2.45) is 4.99 Å². The van der Waals surface area contributed by atoms with Gasteiger partial charge in [-0.05, 0) is 18.9 Å². The van der Waals surface area contributed by atoms with Gasteiger partial charge in [0.05, 0.1) is 15.1 Å². The van der Waals surface area contributed by atoms with Gasteiger partial charge in [0.15, 0.2) is 14.6 Å². The van der Waals surface area contributed by atoms with Crippen LogP contribution < -0.4 is 10.1 Å². The zero-order valence-corrected chi connectivity index (χ0v) is 19.0. The minimum Gasteiger partial charge on any atom is -0.352 e. The van der Waals surface area contributed by atoms with Gasteiger partial charge >= 0.3 is 0 Å². The molecule has 172 valence electrons. The number of hydrogen-bond acceptors (Lipinski definition) is 7. The Hall–Kier alpha value is -2.86. The summed E-state index contributed by atoms with van der Waals surface area (Å²) < 4.78 is 26.9. The summed E-state index contributed by atoms with van der Waals surface area (Å²) >= 11 is 1.04. The number of carbonyl (C=O) groups excluding carboxylic acids is 2. The number of nitro benzene ring substituents is 1. The molecule has 0 unspecified atom stereocenters. The first-order chi connectivity index (χ1) is 15.2. The van der Waals surface area contributed by atoms with E-state index in [9.17, 15) is 28.1 Å². The number of nitro groups is 1. The van der Waals surface area contributed by atoms with E-state index < -0.39 is 38.1 Å². The van der Waals surface area contributed by atoms with Crippen LogP contribution in [0.15, 0.2) is 35.8 Å². The summed E-state index contributed by atoms with van der Waals surface area (Å²) in [5, 5.41) is 13.7. The van der Waals surface area contributed by atoms with E-state index in [1.165, 1.54) is 12.1 Å². The van der Waals surface area contributed by atoms with Crippen molar-refractivity contribution in [2.45, 2.75) is 44.7 Å². The summed E-state index contributed by atoms with van der Waals surface area (Å²) in [5.41, 5.74) is 0.510. The minimum absolute atomic E-state index is 0.0210. The van der Waals surface area contributed by atoms with Crippen LogP contribution in [0.1, 0.15) is 32.1 Å². The molecule has 0 aliphatic heterocycles. The van der Waals surface area contributed by atoms with E-state index in [1.54, 1.807) is 16.7 Å². The number of sulfone groups is 1. The lowest BCUT2D eigenvalue weighted by Gasteiger charge is -2.22. The fraction of sp³-hybridized carbons (Fsp3) is 0.450. The molecule has 1 aliphatic rings. The van der Waals surface area contributed by atoms with Gasteiger partial charge in [-0.3, -0.25) is 19.7 Å². The lowest BCUT2D eigenvalue weighted by molar-refractivity contribution is -0.384. The fourth-order valence-electron chi connectivity index (χ4n) is 3.66. The van der Waals surface area contributed by atoms with Gasteiger partial charge in [0, 0.05) is 24.7 Å². The molecule has 2 aromatic rings. The number of amides is 2. The molecule has 0 bridgehead atoms. The van der Waals surface area contributed by atoms with Crippen LogP contribution in [0.2, 0.25) is 0 Å². The molecule has 10 nitrogen and oxygen atoms in total. The van der Waals surface area contributed by atoms with Gasteiger partial charge in [0.2, 0.25) is 5.91 Å². The summed E-state index contributed by atoms with van der Waals surface area (Å²) in [5.74, 6) is -3.18. The average Bonchev–Trinajstić information content (AvgIpc) is 3.04. The number of rotatable bonds is 8. The molecule has 1 saturated carbocycles. The molecule has 0 saturated heterocycles. The molecular formula is C20H24N4O6S2. The topological polar surface area (TPSA) is 141 Å². The molecule has 12 heteroatoms. The minimum atomic E-state index is -3.99. The number of nitrogens with one attached hydrogen (secondary N) is 1. The van der Waals surface area contributed by atoms with Crippen molar-refractivity contribution in [3.63, 3.8) is 0 Å². The molecule has 0 spiro atoms. The predicted molar refractivity (Wildman–Crippen MR) is 121 cm³/mol. The molecule has 1 N–H and O–H groups in total. The zero-order chi connectivity index (χ0) is 23.3. The van der Waals surface area contributed by atoms with Crippen LogP contribution in [-0.2, 0) is 26.0 Å². The van der Waals surface area contributed by atoms with Crippen LogP contribution >= 0.6 is 11.3 Å². The Balaban J connectivity index is 1.77. The standard InChI is InChI=1S/C20H24N4O6S2/c1-2-10-23-16-9-8-15(24(27)28)11-17(16)31-20(23)22-19(26)13-32(29,30)12-18(25)21-14-6-4-3-5-7-14/h2,8-9,11,14H,1,3-7,10,12-13H2,(H,21,25). The third-order valence-corrected chi connectivity index (χ3v) is 7.50. The Morgan fingerprint density at radius 2 is 2.00 bits per heavy atom. The molecular weight excluding hydrogens is 456 g/mol. The van der Waals surface area contributed by atoms with Gasteiger partial charge in [-0.2, -0.15) is 4.99 Å². The van der Waals surface area contributed by atoms with E-state index in [0.717, 1.165) is 43.4 Å². The Bertz CT molecular complexity index is 1220. The first-order valence-electron chi connectivity index (χ1n) is 10.1. The quantitative estimate of drug-likeness (QED) is 0.348. The van der Waals surface area contributed by atoms with Gasteiger partial charge in [0.1, 0.15) is 11.5 Å². The number of hydrogen-bond donors (Lipinski definition) is 1. The molecule has 1 aromatic carbocycles. The van der Waals surface area contributed by atoms with Crippen molar-refractivity contribution in [3.8, 4) is 0 Å². The summed E-state index contributed by atoms with van der Waals surface area (Å²) in [7, 11) is -3.99. The molecule has 0 atom stereocenters. The normalized spacial score (nSPS) is 15.6. The van der Waals surface area contributed by atoms with Crippen molar-refractivity contribution in [1.82, 2.24) is 9.88 Å². The van der Waals surface area contributed by atoms with Crippen molar-refractivity contribution in [3.05, 3.63) is 45.8 Å². The van der Waals surface area contributed by atoms with Crippen LogP contribution in [-0.4, -0.2) is 47.3 Å². The van der Waals surface area contributed by atoms with Gasteiger partial charge in [0.25, 0.3) is 11.6 Å². The number of nitrogens with zero attached hydrogens (tertiary/aromatic N) is 3. The van der Waals surface area contributed by atoms with Gasteiger partial charge in [-0.15, -0.1) is 6.58 Å².